The van der Waals surface area contributed by atoms with E-state index in [2.05, 4.69) is 10.3 Å². The number of amides is 1. The third kappa shape index (κ3) is 3.74. The molecule has 0 aliphatic heterocycles. The van der Waals surface area contributed by atoms with Crippen LogP contribution >= 0.6 is 11.3 Å². The number of benzene rings is 1. The van der Waals surface area contributed by atoms with Crippen molar-refractivity contribution in [2.45, 2.75) is 26.4 Å². The van der Waals surface area contributed by atoms with Crippen molar-refractivity contribution in [3.8, 4) is 0 Å². The molecule has 0 aliphatic carbocycles. The van der Waals surface area contributed by atoms with E-state index in [1.165, 1.54) is 28.3 Å². The Morgan fingerprint density at radius 2 is 2.12 bits per heavy atom. The van der Waals surface area contributed by atoms with Gasteiger partial charge in [-0.05, 0) is 18.6 Å². The summed E-state index contributed by atoms with van der Waals surface area (Å²) in [6.07, 6.45) is 2.14. The fourth-order valence-electron chi connectivity index (χ4n) is 2.37. The van der Waals surface area contributed by atoms with Gasteiger partial charge < -0.3 is 5.32 Å². The number of aromatic nitrogens is 2. The van der Waals surface area contributed by atoms with Crippen LogP contribution in [-0.2, 0) is 24.3 Å². The summed E-state index contributed by atoms with van der Waals surface area (Å²) in [4.78, 5) is 30.3. The van der Waals surface area contributed by atoms with Gasteiger partial charge in [0.2, 0.25) is 5.91 Å². The molecule has 8 heteroatoms. The molecule has 2 aromatic heterocycles. The van der Waals surface area contributed by atoms with Gasteiger partial charge in [-0.1, -0.05) is 13.0 Å². The lowest BCUT2D eigenvalue weighted by molar-refractivity contribution is -0.121. The monoisotopic (exact) mass is 363 g/mol. The topological polar surface area (TPSA) is 64.0 Å². The molecule has 0 fully saturated rings. The maximum atomic E-state index is 13.5. The average molecular weight is 363 g/mol. The van der Waals surface area contributed by atoms with E-state index in [4.69, 9.17) is 0 Å². The summed E-state index contributed by atoms with van der Waals surface area (Å²) in [5, 5.41) is 3.00. The molecule has 1 N–H and O–H groups in total. The first kappa shape index (κ1) is 17.2. The highest BCUT2D eigenvalue weighted by molar-refractivity contribution is 7.18. The maximum Gasteiger partial charge on any atom is 0.262 e. The number of thiophene rings is 1. The zero-order valence-electron chi connectivity index (χ0n) is 13.4. The molecule has 2 heterocycles. The van der Waals surface area contributed by atoms with Gasteiger partial charge in [0.15, 0.2) is 0 Å². The lowest BCUT2D eigenvalue weighted by atomic mass is 10.2. The van der Waals surface area contributed by atoms with E-state index in [0.717, 1.165) is 23.4 Å². The van der Waals surface area contributed by atoms with Crippen LogP contribution in [0.5, 0.6) is 0 Å². The lowest BCUT2D eigenvalue weighted by Crippen LogP contribution is -2.32. The Bertz CT molecular complexity index is 997. The molecular formula is C17H15F2N3O2S. The predicted molar refractivity (Wildman–Crippen MR) is 91.5 cm³/mol. The van der Waals surface area contributed by atoms with Crippen LogP contribution in [0.1, 0.15) is 17.4 Å². The minimum Gasteiger partial charge on any atom is -0.350 e. The van der Waals surface area contributed by atoms with Crippen molar-refractivity contribution in [1.82, 2.24) is 14.9 Å². The van der Waals surface area contributed by atoms with E-state index < -0.39 is 17.5 Å². The van der Waals surface area contributed by atoms with E-state index in [0.29, 0.717) is 10.2 Å². The van der Waals surface area contributed by atoms with E-state index in [1.807, 2.05) is 6.92 Å². The summed E-state index contributed by atoms with van der Waals surface area (Å²) in [6, 6.07) is 4.93. The summed E-state index contributed by atoms with van der Waals surface area (Å²) in [7, 11) is 0. The Balaban J connectivity index is 1.71. The molecule has 0 bridgehead atoms. The third-order valence-corrected chi connectivity index (χ3v) is 4.91. The van der Waals surface area contributed by atoms with Crippen molar-refractivity contribution in [1.29, 1.82) is 0 Å². The maximum absolute atomic E-state index is 13.5. The van der Waals surface area contributed by atoms with E-state index in [-0.39, 0.29) is 24.2 Å². The van der Waals surface area contributed by atoms with Crippen LogP contribution in [0.2, 0.25) is 0 Å². The van der Waals surface area contributed by atoms with Crippen molar-refractivity contribution >= 4 is 27.5 Å². The molecule has 1 amide bonds. The molecule has 25 heavy (non-hydrogen) atoms. The SMILES string of the molecule is CCc1cc2c(=O)n(CC(=O)NCc3ccc(F)cc3F)cnc2s1. The summed E-state index contributed by atoms with van der Waals surface area (Å²) >= 11 is 1.45. The Hall–Kier alpha value is -2.61. The third-order valence-electron chi connectivity index (χ3n) is 3.72. The zero-order chi connectivity index (χ0) is 18.0. The van der Waals surface area contributed by atoms with Gasteiger partial charge in [0.1, 0.15) is 23.0 Å². The van der Waals surface area contributed by atoms with Crippen molar-refractivity contribution in [2.24, 2.45) is 0 Å². The van der Waals surface area contributed by atoms with Gasteiger partial charge in [-0.3, -0.25) is 14.2 Å². The Kier molecular flexibility index (Phi) is 4.89. The highest BCUT2D eigenvalue weighted by Crippen LogP contribution is 2.20. The number of nitrogens with zero attached hydrogens (tertiary/aromatic N) is 2. The van der Waals surface area contributed by atoms with Gasteiger partial charge in [0.05, 0.1) is 11.7 Å². The number of fused-ring (bicyclic) bond motifs is 1. The van der Waals surface area contributed by atoms with Gasteiger partial charge in [0, 0.05) is 23.1 Å². The highest BCUT2D eigenvalue weighted by atomic mass is 32.1. The van der Waals surface area contributed by atoms with Crippen LogP contribution in [0, 0.1) is 11.6 Å². The van der Waals surface area contributed by atoms with Crippen LogP contribution in [0.15, 0.2) is 35.4 Å². The Labute approximate surface area is 145 Å². The van der Waals surface area contributed by atoms with E-state index >= 15 is 0 Å². The van der Waals surface area contributed by atoms with Crippen LogP contribution in [0.25, 0.3) is 10.2 Å². The van der Waals surface area contributed by atoms with Crippen LogP contribution < -0.4 is 10.9 Å². The van der Waals surface area contributed by atoms with Crippen molar-refractivity contribution in [3.63, 3.8) is 0 Å². The quantitative estimate of drug-likeness (QED) is 0.758. The Morgan fingerprint density at radius 3 is 2.84 bits per heavy atom. The van der Waals surface area contributed by atoms with Gasteiger partial charge in [0.25, 0.3) is 5.56 Å². The first-order valence-electron chi connectivity index (χ1n) is 7.66. The summed E-state index contributed by atoms with van der Waals surface area (Å²) < 4.78 is 27.6. The minimum absolute atomic E-state index is 0.0895. The molecule has 0 radical (unpaired) electrons. The summed E-state index contributed by atoms with van der Waals surface area (Å²) in [5.41, 5.74) is -0.120. The fraction of sp³-hybridized carbons (Fsp3) is 0.235. The standard InChI is InChI=1S/C17H15F2N3O2S/c1-2-12-6-13-16(25-12)21-9-22(17(13)24)8-15(23)20-7-10-3-4-11(18)5-14(10)19/h3-6,9H,2,7-8H2,1H3,(H,20,23). The minimum atomic E-state index is -0.731. The lowest BCUT2D eigenvalue weighted by Gasteiger charge is -2.08. The van der Waals surface area contributed by atoms with Crippen molar-refractivity contribution in [2.75, 3.05) is 0 Å². The molecule has 0 unspecified atom stereocenters. The number of carbonyl (C=O) groups is 1. The number of aryl methyl sites for hydroxylation is 1. The zero-order valence-corrected chi connectivity index (χ0v) is 14.2. The second kappa shape index (κ2) is 7.10. The second-order valence-electron chi connectivity index (χ2n) is 5.48. The number of rotatable bonds is 5. The molecule has 130 valence electrons. The van der Waals surface area contributed by atoms with Gasteiger partial charge in [-0.25, -0.2) is 13.8 Å². The number of carbonyl (C=O) groups excluding carboxylic acids is 1. The fourth-order valence-corrected chi connectivity index (χ4v) is 3.29. The van der Waals surface area contributed by atoms with Crippen molar-refractivity contribution < 1.29 is 13.6 Å². The number of halogens is 2. The number of hydrogen-bond acceptors (Lipinski definition) is 4. The van der Waals surface area contributed by atoms with Gasteiger partial charge in [-0.2, -0.15) is 0 Å². The van der Waals surface area contributed by atoms with Gasteiger partial charge in [-0.15, -0.1) is 11.3 Å². The molecule has 5 nitrogen and oxygen atoms in total. The number of nitrogens with one attached hydrogen (secondary N) is 1. The first-order valence-corrected chi connectivity index (χ1v) is 8.48. The molecule has 0 spiro atoms. The average Bonchev–Trinajstić information content (AvgIpc) is 3.01. The first-order chi connectivity index (χ1) is 12.0. The molecule has 1 aromatic carbocycles. The molecule has 0 saturated carbocycles. The smallest absolute Gasteiger partial charge is 0.262 e. The largest absolute Gasteiger partial charge is 0.350 e. The van der Waals surface area contributed by atoms with Crippen molar-refractivity contribution in [3.05, 3.63) is 63.0 Å². The molecule has 3 aromatic rings. The van der Waals surface area contributed by atoms with E-state index in [1.54, 1.807) is 6.07 Å². The van der Waals surface area contributed by atoms with E-state index in [9.17, 15) is 18.4 Å². The number of hydrogen-bond donors (Lipinski definition) is 1. The molecule has 0 aliphatic rings. The summed E-state index contributed by atoms with van der Waals surface area (Å²) in [5.74, 6) is -1.87. The van der Waals surface area contributed by atoms with Crippen LogP contribution in [0.4, 0.5) is 8.78 Å². The highest BCUT2D eigenvalue weighted by Gasteiger charge is 2.11. The Morgan fingerprint density at radius 1 is 1.32 bits per heavy atom. The van der Waals surface area contributed by atoms with Crippen LogP contribution in [-0.4, -0.2) is 15.5 Å². The summed E-state index contributed by atoms with van der Waals surface area (Å²) in [6.45, 7) is 1.68. The normalized spacial score (nSPS) is 11.0. The molecular weight excluding hydrogens is 348 g/mol. The molecule has 3 rings (SSSR count). The predicted octanol–water partition coefficient (Wildman–Crippen LogP) is 2.62. The van der Waals surface area contributed by atoms with Crippen LogP contribution in [0.3, 0.4) is 0 Å². The molecule has 0 atom stereocenters. The van der Waals surface area contributed by atoms with Gasteiger partial charge >= 0.3 is 0 Å². The molecule has 0 saturated heterocycles. The second-order valence-corrected chi connectivity index (χ2v) is 6.59.